The van der Waals surface area contributed by atoms with Gasteiger partial charge in [-0.25, -0.2) is 4.98 Å². The van der Waals surface area contributed by atoms with Crippen LogP contribution in [-0.2, 0) is 16.1 Å². The molecule has 0 spiro atoms. The zero-order valence-corrected chi connectivity index (χ0v) is 20.5. The van der Waals surface area contributed by atoms with Gasteiger partial charge in [-0.3, -0.25) is 9.36 Å². The number of ether oxygens (including phenoxy) is 1. The van der Waals surface area contributed by atoms with E-state index in [2.05, 4.69) is 43.4 Å². The standard InChI is InChI=1S/C23H23N5O2S3/c1-15-10-17(12-31-15)21-26-27-23(28(21)11-18-8-5-9-30-18)33-14-20(29)25-22-24-19(13-32-22)16-6-3-2-4-7-16/h2-4,6-7,10,12-13,18H,5,8-9,11,14H2,1H3,(H,24,25,29)/t18-/m0/s1. The summed E-state index contributed by atoms with van der Waals surface area (Å²) in [5, 5.41) is 17.1. The smallest absolute Gasteiger partial charge is 0.236 e. The number of hydrogen-bond acceptors (Lipinski definition) is 8. The molecule has 3 aromatic heterocycles. The minimum atomic E-state index is -0.117. The molecule has 1 saturated heterocycles. The number of thiazole rings is 1. The molecule has 0 unspecified atom stereocenters. The number of aryl methyl sites for hydroxylation is 1. The van der Waals surface area contributed by atoms with Crippen molar-refractivity contribution >= 4 is 45.5 Å². The Kier molecular flexibility index (Phi) is 6.86. The van der Waals surface area contributed by atoms with Gasteiger partial charge in [-0.05, 0) is 25.8 Å². The molecule has 0 saturated carbocycles. The molecule has 1 aliphatic heterocycles. The topological polar surface area (TPSA) is 81.9 Å². The van der Waals surface area contributed by atoms with Gasteiger partial charge in [-0.2, -0.15) is 0 Å². The second kappa shape index (κ2) is 10.2. The van der Waals surface area contributed by atoms with Crippen LogP contribution in [0.15, 0.2) is 52.3 Å². The van der Waals surface area contributed by atoms with Gasteiger partial charge in [0.15, 0.2) is 16.1 Å². The number of thioether (sulfide) groups is 1. The lowest BCUT2D eigenvalue weighted by atomic mass is 10.2. The van der Waals surface area contributed by atoms with E-state index in [1.165, 1.54) is 28.0 Å². The van der Waals surface area contributed by atoms with Crippen LogP contribution in [0.4, 0.5) is 5.13 Å². The second-order valence-corrected chi connectivity index (χ2v) is 10.7. The molecule has 1 aromatic carbocycles. The van der Waals surface area contributed by atoms with Crippen LogP contribution in [0.3, 0.4) is 0 Å². The number of hydrogen-bond donors (Lipinski definition) is 1. The Morgan fingerprint density at radius 2 is 2.09 bits per heavy atom. The number of nitrogens with zero attached hydrogens (tertiary/aromatic N) is 4. The van der Waals surface area contributed by atoms with Crippen molar-refractivity contribution in [3.63, 3.8) is 0 Å². The first kappa shape index (κ1) is 22.3. The quantitative estimate of drug-likeness (QED) is 0.331. The predicted molar refractivity (Wildman–Crippen MR) is 134 cm³/mol. The van der Waals surface area contributed by atoms with Crippen LogP contribution in [0.1, 0.15) is 17.7 Å². The van der Waals surface area contributed by atoms with Crippen molar-refractivity contribution < 1.29 is 9.53 Å². The molecule has 0 aliphatic carbocycles. The fourth-order valence-corrected chi connectivity index (χ4v) is 5.85. The Morgan fingerprint density at radius 1 is 1.21 bits per heavy atom. The molecule has 0 bridgehead atoms. The van der Waals surface area contributed by atoms with E-state index in [1.807, 2.05) is 35.7 Å². The van der Waals surface area contributed by atoms with Crippen LogP contribution >= 0.6 is 34.4 Å². The summed E-state index contributed by atoms with van der Waals surface area (Å²) in [6.07, 6.45) is 2.25. The lowest BCUT2D eigenvalue weighted by Crippen LogP contribution is -2.18. The lowest BCUT2D eigenvalue weighted by Gasteiger charge is -2.14. The average Bonchev–Trinajstić information content (AvgIpc) is 3.62. The maximum Gasteiger partial charge on any atom is 0.236 e. The fraction of sp³-hybridized carbons (Fsp3) is 0.304. The summed E-state index contributed by atoms with van der Waals surface area (Å²) in [5.74, 6) is 0.936. The third-order valence-corrected chi connectivity index (χ3v) is 7.85. The van der Waals surface area contributed by atoms with Gasteiger partial charge in [-0.1, -0.05) is 42.1 Å². The van der Waals surface area contributed by atoms with E-state index in [0.717, 1.165) is 47.3 Å². The SMILES string of the molecule is Cc1cc(-c2nnc(SCC(=O)Nc3nc(-c4ccccc4)cs3)n2C[C@@H]2CCCO2)cs1. The van der Waals surface area contributed by atoms with E-state index in [-0.39, 0.29) is 17.8 Å². The lowest BCUT2D eigenvalue weighted by molar-refractivity contribution is -0.113. The summed E-state index contributed by atoms with van der Waals surface area (Å²) in [5.41, 5.74) is 2.94. The van der Waals surface area contributed by atoms with Gasteiger partial charge in [0.2, 0.25) is 5.91 Å². The number of amides is 1. The van der Waals surface area contributed by atoms with Gasteiger partial charge < -0.3 is 10.1 Å². The van der Waals surface area contributed by atoms with Crippen molar-refractivity contribution in [3.05, 3.63) is 52.0 Å². The van der Waals surface area contributed by atoms with Crippen molar-refractivity contribution in [2.24, 2.45) is 0 Å². The highest BCUT2D eigenvalue weighted by atomic mass is 32.2. The normalized spacial score (nSPS) is 15.7. The second-order valence-electron chi connectivity index (χ2n) is 7.74. The zero-order chi connectivity index (χ0) is 22.6. The largest absolute Gasteiger partial charge is 0.376 e. The molecule has 1 amide bonds. The van der Waals surface area contributed by atoms with Gasteiger partial charge >= 0.3 is 0 Å². The number of aromatic nitrogens is 4. The fourth-order valence-electron chi connectivity index (χ4n) is 3.68. The number of thiophene rings is 1. The van der Waals surface area contributed by atoms with Crippen LogP contribution in [-0.4, -0.2) is 44.1 Å². The van der Waals surface area contributed by atoms with Gasteiger partial charge in [0.25, 0.3) is 0 Å². The number of carbonyl (C=O) groups is 1. The van der Waals surface area contributed by atoms with Crippen molar-refractivity contribution in [2.45, 2.75) is 37.6 Å². The summed E-state index contributed by atoms with van der Waals surface area (Å²) in [7, 11) is 0. The maximum atomic E-state index is 12.6. The summed E-state index contributed by atoms with van der Waals surface area (Å²) in [6, 6.07) is 12.0. The van der Waals surface area contributed by atoms with E-state index in [9.17, 15) is 4.79 Å². The van der Waals surface area contributed by atoms with Gasteiger partial charge in [0, 0.05) is 33.4 Å². The van der Waals surface area contributed by atoms with Crippen LogP contribution in [0.25, 0.3) is 22.6 Å². The summed E-state index contributed by atoms with van der Waals surface area (Å²) in [6.45, 7) is 3.56. The monoisotopic (exact) mass is 497 g/mol. The van der Waals surface area contributed by atoms with E-state index < -0.39 is 0 Å². The Labute approximate surface area is 204 Å². The van der Waals surface area contributed by atoms with Crippen molar-refractivity contribution in [1.82, 2.24) is 19.7 Å². The molecule has 1 fully saturated rings. The molecule has 1 N–H and O–H groups in total. The molecule has 10 heteroatoms. The number of nitrogens with one attached hydrogen (secondary N) is 1. The van der Waals surface area contributed by atoms with Crippen molar-refractivity contribution in [1.29, 1.82) is 0 Å². The highest BCUT2D eigenvalue weighted by molar-refractivity contribution is 7.99. The van der Waals surface area contributed by atoms with Gasteiger partial charge in [0.05, 0.1) is 24.1 Å². The van der Waals surface area contributed by atoms with Crippen molar-refractivity contribution in [3.8, 4) is 22.6 Å². The minimum Gasteiger partial charge on any atom is -0.376 e. The van der Waals surface area contributed by atoms with E-state index in [1.54, 1.807) is 11.3 Å². The first-order chi connectivity index (χ1) is 16.2. The molecule has 1 aliphatic rings. The maximum absolute atomic E-state index is 12.6. The molecule has 4 aromatic rings. The molecule has 4 heterocycles. The van der Waals surface area contributed by atoms with Crippen LogP contribution < -0.4 is 5.32 Å². The number of carbonyl (C=O) groups excluding carboxylic acids is 1. The predicted octanol–water partition coefficient (Wildman–Crippen LogP) is 5.35. The summed E-state index contributed by atoms with van der Waals surface area (Å²) in [4.78, 5) is 18.4. The Morgan fingerprint density at radius 3 is 2.85 bits per heavy atom. The van der Waals surface area contributed by atoms with E-state index in [0.29, 0.717) is 11.7 Å². The Hall–Kier alpha value is -2.53. The molecule has 1 atom stereocenters. The van der Waals surface area contributed by atoms with Gasteiger partial charge in [-0.15, -0.1) is 32.9 Å². The first-order valence-electron chi connectivity index (χ1n) is 10.7. The highest BCUT2D eigenvalue weighted by Crippen LogP contribution is 2.30. The molecule has 0 radical (unpaired) electrons. The van der Waals surface area contributed by atoms with Crippen LogP contribution in [0.2, 0.25) is 0 Å². The summed E-state index contributed by atoms with van der Waals surface area (Å²) < 4.78 is 7.94. The highest BCUT2D eigenvalue weighted by Gasteiger charge is 2.22. The van der Waals surface area contributed by atoms with Crippen molar-refractivity contribution in [2.75, 3.05) is 17.7 Å². The van der Waals surface area contributed by atoms with Crippen LogP contribution in [0.5, 0.6) is 0 Å². The third-order valence-electron chi connectivity index (χ3n) is 5.27. The van der Waals surface area contributed by atoms with E-state index in [4.69, 9.17) is 4.74 Å². The van der Waals surface area contributed by atoms with E-state index >= 15 is 0 Å². The number of anilines is 1. The average molecular weight is 498 g/mol. The molecule has 5 rings (SSSR count). The number of benzene rings is 1. The Balaban J connectivity index is 1.26. The van der Waals surface area contributed by atoms with Crippen LogP contribution in [0, 0.1) is 6.92 Å². The summed E-state index contributed by atoms with van der Waals surface area (Å²) >= 11 is 4.50. The molecule has 33 heavy (non-hydrogen) atoms. The molecular formula is C23H23N5O2S3. The third kappa shape index (κ3) is 5.35. The molecule has 7 nitrogen and oxygen atoms in total. The minimum absolute atomic E-state index is 0.117. The Bertz CT molecular complexity index is 1230. The molecule has 170 valence electrons. The van der Waals surface area contributed by atoms with Gasteiger partial charge in [0.1, 0.15) is 0 Å². The zero-order valence-electron chi connectivity index (χ0n) is 18.1. The molecular weight excluding hydrogens is 474 g/mol. The number of rotatable bonds is 8. The first-order valence-corrected chi connectivity index (χ1v) is 13.4.